The van der Waals surface area contributed by atoms with Crippen LogP contribution in [0.1, 0.15) is 29.4 Å². The third-order valence-electron chi connectivity index (χ3n) is 5.01. The van der Waals surface area contributed by atoms with Gasteiger partial charge in [-0.3, -0.25) is 4.79 Å². The van der Waals surface area contributed by atoms with Gasteiger partial charge in [-0.15, -0.1) is 11.3 Å². The number of nitrogens with one attached hydrogen (secondary N) is 1. The van der Waals surface area contributed by atoms with Crippen LogP contribution in [-0.2, 0) is 4.74 Å². The fourth-order valence-electron chi connectivity index (χ4n) is 3.31. The number of carbonyl (C=O) groups is 1. The number of hydrogen-bond donors (Lipinski definition) is 1. The topological polar surface area (TPSA) is 41.6 Å². The van der Waals surface area contributed by atoms with Gasteiger partial charge in [-0.05, 0) is 37.3 Å². The lowest BCUT2D eigenvalue weighted by atomic mass is 10.1. The Morgan fingerprint density at radius 1 is 1.24 bits per heavy atom. The van der Waals surface area contributed by atoms with E-state index in [0.717, 1.165) is 42.3 Å². The molecule has 2 aliphatic rings. The maximum absolute atomic E-state index is 12.7. The first kappa shape index (κ1) is 16.6. The van der Waals surface area contributed by atoms with Crippen molar-refractivity contribution in [3.63, 3.8) is 0 Å². The minimum absolute atomic E-state index is 0.0566. The number of nitrogens with zero attached hydrogens (tertiary/aromatic N) is 1. The van der Waals surface area contributed by atoms with Crippen LogP contribution in [0.3, 0.4) is 0 Å². The van der Waals surface area contributed by atoms with Crippen molar-refractivity contribution >= 4 is 22.2 Å². The molecule has 1 amide bonds. The maximum atomic E-state index is 12.7. The summed E-state index contributed by atoms with van der Waals surface area (Å²) in [6.07, 6.45) is 2.47. The van der Waals surface area contributed by atoms with Gasteiger partial charge in [0.1, 0.15) is 0 Å². The Hall–Kier alpha value is -1.85. The highest BCUT2D eigenvalue weighted by atomic mass is 32.1. The molecular formula is C20H24N2O2S. The van der Waals surface area contributed by atoms with Crippen molar-refractivity contribution in [1.29, 1.82) is 0 Å². The van der Waals surface area contributed by atoms with Crippen molar-refractivity contribution in [2.75, 3.05) is 31.2 Å². The van der Waals surface area contributed by atoms with Gasteiger partial charge in [0.2, 0.25) is 0 Å². The van der Waals surface area contributed by atoms with Gasteiger partial charge in [-0.1, -0.05) is 30.3 Å². The van der Waals surface area contributed by atoms with Gasteiger partial charge >= 0.3 is 0 Å². The first-order valence-corrected chi connectivity index (χ1v) is 9.87. The average Bonchev–Trinajstić information content (AvgIpc) is 3.41. The van der Waals surface area contributed by atoms with Crippen LogP contribution >= 0.6 is 11.3 Å². The molecule has 1 saturated carbocycles. The van der Waals surface area contributed by atoms with E-state index < -0.39 is 0 Å². The molecule has 1 atom stereocenters. The minimum atomic E-state index is 0.0566. The van der Waals surface area contributed by atoms with E-state index in [1.807, 2.05) is 18.2 Å². The molecular weight excluding hydrogens is 332 g/mol. The molecule has 0 radical (unpaired) electrons. The molecule has 1 aliphatic heterocycles. The molecule has 0 spiro atoms. The van der Waals surface area contributed by atoms with Crippen molar-refractivity contribution in [2.24, 2.45) is 5.92 Å². The summed E-state index contributed by atoms with van der Waals surface area (Å²) in [6.45, 7) is 5.35. The van der Waals surface area contributed by atoms with E-state index in [4.69, 9.17) is 4.74 Å². The molecule has 1 aromatic heterocycles. The van der Waals surface area contributed by atoms with Gasteiger partial charge in [-0.25, -0.2) is 0 Å². The summed E-state index contributed by atoms with van der Waals surface area (Å²) in [5.41, 5.74) is 2.31. The second-order valence-corrected chi connectivity index (χ2v) is 7.93. The molecule has 1 aromatic carbocycles. The number of thiophene rings is 1. The fraction of sp³-hybridized carbons (Fsp3) is 0.450. The number of morpholine rings is 1. The molecule has 1 unspecified atom stereocenters. The zero-order chi connectivity index (χ0) is 17.2. The standard InChI is InChI=1S/C20H24N2O2S/c1-14(15-7-8-15)21-19(23)18-13-17(16-5-3-2-4-6-16)20(25-18)22-9-11-24-12-10-22/h2-6,13-15H,7-12H2,1H3,(H,21,23). The average molecular weight is 356 g/mol. The smallest absolute Gasteiger partial charge is 0.261 e. The summed E-state index contributed by atoms with van der Waals surface area (Å²) in [4.78, 5) is 15.9. The van der Waals surface area contributed by atoms with Gasteiger partial charge in [0.15, 0.2) is 0 Å². The van der Waals surface area contributed by atoms with Crippen LogP contribution in [0.2, 0.25) is 0 Å². The zero-order valence-electron chi connectivity index (χ0n) is 14.5. The van der Waals surface area contributed by atoms with Crippen LogP contribution in [0.4, 0.5) is 5.00 Å². The Balaban J connectivity index is 1.63. The van der Waals surface area contributed by atoms with E-state index in [2.05, 4.69) is 35.3 Å². The van der Waals surface area contributed by atoms with E-state index in [-0.39, 0.29) is 11.9 Å². The van der Waals surface area contributed by atoms with Crippen molar-refractivity contribution in [3.8, 4) is 11.1 Å². The number of ether oxygens (including phenoxy) is 1. The molecule has 1 N–H and O–H groups in total. The third-order valence-corrected chi connectivity index (χ3v) is 6.20. The number of hydrogen-bond acceptors (Lipinski definition) is 4. The Kier molecular flexibility index (Phi) is 4.77. The van der Waals surface area contributed by atoms with Crippen LogP contribution in [0.25, 0.3) is 11.1 Å². The van der Waals surface area contributed by atoms with Gasteiger partial charge in [-0.2, -0.15) is 0 Å². The van der Waals surface area contributed by atoms with Crippen LogP contribution in [0, 0.1) is 5.92 Å². The summed E-state index contributed by atoms with van der Waals surface area (Å²) in [7, 11) is 0. The summed E-state index contributed by atoms with van der Waals surface area (Å²) in [5.74, 6) is 0.720. The Labute approximate surface area is 152 Å². The lowest BCUT2D eigenvalue weighted by molar-refractivity contribution is 0.0940. The van der Waals surface area contributed by atoms with E-state index in [1.165, 1.54) is 17.8 Å². The Bertz CT molecular complexity index is 733. The highest BCUT2D eigenvalue weighted by Gasteiger charge is 2.30. The largest absolute Gasteiger partial charge is 0.378 e. The van der Waals surface area contributed by atoms with Crippen LogP contribution in [0.5, 0.6) is 0 Å². The van der Waals surface area contributed by atoms with E-state index in [9.17, 15) is 4.79 Å². The molecule has 2 fully saturated rings. The highest BCUT2D eigenvalue weighted by Crippen LogP contribution is 2.39. The molecule has 1 aliphatic carbocycles. The first-order chi connectivity index (χ1) is 12.2. The normalized spacial score (nSPS) is 18.8. The number of rotatable bonds is 5. The number of amides is 1. The predicted molar refractivity (Wildman–Crippen MR) is 102 cm³/mol. The predicted octanol–water partition coefficient (Wildman–Crippen LogP) is 3.78. The summed E-state index contributed by atoms with van der Waals surface area (Å²) in [6, 6.07) is 12.7. The number of anilines is 1. The van der Waals surface area contributed by atoms with Crippen molar-refractivity contribution < 1.29 is 9.53 Å². The fourth-order valence-corrected chi connectivity index (χ4v) is 4.45. The molecule has 4 nitrogen and oxygen atoms in total. The van der Waals surface area contributed by atoms with E-state index in [0.29, 0.717) is 5.92 Å². The lowest BCUT2D eigenvalue weighted by Crippen LogP contribution is -2.36. The first-order valence-electron chi connectivity index (χ1n) is 9.05. The quantitative estimate of drug-likeness (QED) is 0.886. The molecule has 1 saturated heterocycles. The molecule has 0 bridgehead atoms. The Morgan fingerprint density at radius 3 is 2.64 bits per heavy atom. The third kappa shape index (κ3) is 3.72. The number of benzene rings is 1. The minimum Gasteiger partial charge on any atom is -0.378 e. The summed E-state index contributed by atoms with van der Waals surface area (Å²) in [5, 5.41) is 4.36. The van der Waals surface area contributed by atoms with E-state index in [1.54, 1.807) is 11.3 Å². The van der Waals surface area contributed by atoms with Crippen LogP contribution < -0.4 is 10.2 Å². The molecule has 132 valence electrons. The van der Waals surface area contributed by atoms with Gasteiger partial charge in [0.25, 0.3) is 5.91 Å². The highest BCUT2D eigenvalue weighted by molar-refractivity contribution is 7.18. The summed E-state index contributed by atoms with van der Waals surface area (Å²) < 4.78 is 5.49. The zero-order valence-corrected chi connectivity index (χ0v) is 15.3. The van der Waals surface area contributed by atoms with Gasteiger partial charge in [0.05, 0.1) is 23.1 Å². The molecule has 2 aromatic rings. The van der Waals surface area contributed by atoms with E-state index >= 15 is 0 Å². The SMILES string of the molecule is CC(NC(=O)c1cc(-c2ccccc2)c(N2CCOCC2)s1)C1CC1. The van der Waals surface area contributed by atoms with Crippen LogP contribution in [0.15, 0.2) is 36.4 Å². The van der Waals surface area contributed by atoms with Crippen molar-refractivity contribution in [1.82, 2.24) is 5.32 Å². The second kappa shape index (κ2) is 7.18. The lowest BCUT2D eigenvalue weighted by Gasteiger charge is -2.28. The molecule has 4 rings (SSSR count). The van der Waals surface area contributed by atoms with Gasteiger partial charge in [0, 0.05) is 24.7 Å². The monoisotopic (exact) mass is 356 g/mol. The van der Waals surface area contributed by atoms with Gasteiger partial charge < -0.3 is 15.0 Å². The second-order valence-electron chi connectivity index (χ2n) is 6.89. The molecule has 2 heterocycles. The molecule has 5 heteroatoms. The number of carbonyl (C=O) groups excluding carboxylic acids is 1. The summed E-state index contributed by atoms with van der Waals surface area (Å²) >= 11 is 1.60. The maximum Gasteiger partial charge on any atom is 0.261 e. The van der Waals surface area contributed by atoms with Crippen molar-refractivity contribution in [2.45, 2.75) is 25.8 Å². The molecule has 25 heavy (non-hydrogen) atoms. The van der Waals surface area contributed by atoms with Crippen LogP contribution in [-0.4, -0.2) is 38.3 Å². The van der Waals surface area contributed by atoms with Crippen molar-refractivity contribution in [3.05, 3.63) is 41.3 Å². The Morgan fingerprint density at radius 2 is 1.96 bits per heavy atom.